The van der Waals surface area contributed by atoms with E-state index in [9.17, 15) is 0 Å². The van der Waals surface area contributed by atoms with Gasteiger partial charge in [0.1, 0.15) is 5.75 Å². The average molecular weight is 389 g/mol. The molecule has 1 aliphatic rings. The second-order valence-electron chi connectivity index (χ2n) is 6.62. The zero-order valence-electron chi connectivity index (χ0n) is 14.8. The number of hydrogen-bond acceptors (Lipinski definition) is 2. The Kier molecular flexibility index (Phi) is 7.15. The molecule has 0 atom stereocenters. The zero-order chi connectivity index (χ0) is 18.2. The quantitative estimate of drug-likeness (QED) is 0.479. The van der Waals surface area contributed by atoms with E-state index >= 15 is 0 Å². The van der Waals surface area contributed by atoms with Gasteiger partial charge in [-0.2, -0.15) is 0 Å². The summed E-state index contributed by atoms with van der Waals surface area (Å²) < 4.78 is 5.98. The van der Waals surface area contributed by atoms with Crippen molar-refractivity contribution < 1.29 is 4.74 Å². The van der Waals surface area contributed by atoms with Gasteiger partial charge in [-0.15, -0.1) is 0 Å². The molecule has 138 valence electrons. The molecule has 5 heteroatoms. The van der Waals surface area contributed by atoms with Crippen molar-refractivity contribution in [3.05, 3.63) is 59.1 Å². The van der Waals surface area contributed by atoms with Crippen molar-refractivity contribution in [1.29, 1.82) is 0 Å². The minimum absolute atomic E-state index is 0.384. The van der Waals surface area contributed by atoms with E-state index in [-0.39, 0.29) is 0 Å². The predicted octanol–water partition coefficient (Wildman–Crippen LogP) is 5.58. The maximum absolute atomic E-state index is 6.17. The van der Waals surface area contributed by atoms with Crippen molar-refractivity contribution in [2.45, 2.75) is 44.6 Å². The van der Waals surface area contributed by atoms with Gasteiger partial charge in [-0.3, -0.25) is 0 Å². The zero-order valence-corrected chi connectivity index (χ0v) is 16.4. The summed E-state index contributed by atoms with van der Waals surface area (Å²) in [5, 5.41) is 7.91. The molecule has 26 heavy (non-hydrogen) atoms. The van der Waals surface area contributed by atoms with Gasteiger partial charge in [0.05, 0.1) is 6.10 Å². The Morgan fingerprint density at radius 1 is 1.08 bits per heavy atom. The van der Waals surface area contributed by atoms with Crippen LogP contribution >= 0.6 is 23.8 Å². The highest BCUT2D eigenvalue weighted by molar-refractivity contribution is 7.80. The molecule has 0 aromatic heterocycles. The van der Waals surface area contributed by atoms with Crippen LogP contribution in [0.5, 0.6) is 5.75 Å². The predicted molar refractivity (Wildman–Crippen MR) is 113 cm³/mol. The van der Waals surface area contributed by atoms with E-state index in [1.807, 2.05) is 42.5 Å². The van der Waals surface area contributed by atoms with Crippen LogP contribution in [0.4, 0.5) is 5.69 Å². The molecule has 1 fully saturated rings. The number of ether oxygens (including phenoxy) is 1. The fourth-order valence-corrected chi connectivity index (χ4v) is 3.62. The molecular weight excluding hydrogens is 364 g/mol. The smallest absolute Gasteiger partial charge is 0.170 e. The first kappa shape index (κ1) is 19.0. The standard InChI is InChI=1S/C21H25ClN2OS/c22-20-10-4-1-6-16(20)7-5-15-23-21(26)24-17-11-13-19(14-12-17)25-18-8-2-3-9-18/h1,4,6,10-14,18H,2-3,5,7-9,15H2,(H2,23,24,26). The minimum atomic E-state index is 0.384. The van der Waals surface area contributed by atoms with Crippen LogP contribution in [0.3, 0.4) is 0 Å². The summed E-state index contributed by atoms with van der Waals surface area (Å²) in [5.41, 5.74) is 2.14. The molecule has 0 spiro atoms. The van der Waals surface area contributed by atoms with E-state index in [0.29, 0.717) is 11.2 Å². The van der Waals surface area contributed by atoms with Crippen molar-refractivity contribution in [3.63, 3.8) is 0 Å². The van der Waals surface area contributed by atoms with Gasteiger partial charge in [-0.05, 0) is 86.6 Å². The summed E-state index contributed by atoms with van der Waals surface area (Å²) in [5.74, 6) is 0.932. The maximum atomic E-state index is 6.17. The molecule has 0 bridgehead atoms. The first-order valence-corrected chi connectivity index (χ1v) is 10.0. The first-order valence-electron chi connectivity index (χ1n) is 9.26. The molecule has 1 saturated carbocycles. The molecule has 2 aromatic carbocycles. The van der Waals surface area contributed by atoms with Crippen molar-refractivity contribution in [2.75, 3.05) is 11.9 Å². The van der Waals surface area contributed by atoms with E-state index < -0.39 is 0 Å². The van der Waals surface area contributed by atoms with E-state index in [1.54, 1.807) is 0 Å². The van der Waals surface area contributed by atoms with Gasteiger partial charge in [0, 0.05) is 17.3 Å². The van der Waals surface area contributed by atoms with Crippen molar-refractivity contribution >= 4 is 34.6 Å². The summed E-state index contributed by atoms with van der Waals surface area (Å²) in [7, 11) is 0. The Morgan fingerprint density at radius 2 is 1.81 bits per heavy atom. The molecule has 0 amide bonds. The van der Waals surface area contributed by atoms with Crippen LogP contribution in [0, 0.1) is 0 Å². The molecule has 1 aliphatic carbocycles. The van der Waals surface area contributed by atoms with Crippen LogP contribution in [-0.2, 0) is 6.42 Å². The summed E-state index contributed by atoms with van der Waals surface area (Å²) in [4.78, 5) is 0. The second-order valence-corrected chi connectivity index (χ2v) is 7.44. The second kappa shape index (κ2) is 9.79. The Bertz CT molecular complexity index is 714. The summed E-state index contributed by atoms with van der Waals surface area (Å²) in [6, 6.07) is 16.0. The molecule has 0 heterocycles. The Hall–Kier alpha value is -1.78. The minimum Gasteiger partial charge on any atom is -0.490 e. The Labute approximate surface area is 166 Å². The number of thiocarbonyl (C=S) groups is 1. The molecule has 0 unspecified atom stereocenters. The number of hydrogen-bond donors (Lipinski definition) is 2. The van der Waals surface area contributed by atoms with Gasteiger partial charge in [0.25, 0.3) is 0 Å². The number of halogens is 1. The number of rotatable bonds is 7. The lowest BCUT2D eigenvalue weighted by Crippen LogP contribution is -2.29. The van der Waals surface area contributed by atoms with E-state index in [2.05, 4.69) is 16.7 Å². The lowest BCUT2D eigenvalue weighted by molar-refractivity contribution is 0.210. The first-order chi connectivity index (χ1) is 12.7. The van der Waals surface area contributed by atoms with Crippen LogP contribution in [0.15, 0.2) is 48.5 Å². The molecule has 0 aliphatic heterocycles. The summed E-state index contributed by atoms with van der Waals surface area (Å²) in [6.45, 7) is 0.805. The van der Waals surface area contributed by atoms with Gasteiger partial charge in [0.2, 0.25) is 0 Å². The molecule has 3 nitrogen and oxygen atoms in total. The molecular formula is C21H25ClN2OS. The fourth-order valence-electron chi connectivity index (χ4n) is 3.17. The van der Waals surface area contributed by atoms with Crippen LogP contribution in [0.2, 0.25) is 5.02 Å². The SMILES string of the molecule is S=C(NCCCc1ccccc1Cl)Nc1ccc(OC2CCCC2)cc1. The lowest BCUT2D eigenvalue weighted by atomic mass is 10.1. The average Bonchev–Trinajstić information content (AvgIpc) is 3.15. The lowest BCUT2D eigenvalue weighted by Gasteiger charge is -2.14. The number of aryl methyl sites for hydroxylation is 1. The summed E-state index contributed by atoms with van der Waals surface area (Å²) >= 11 is 11.5. The molecule has 0 radical (unpaired) electrons. The maximum Gasteiger partial charge on any atom is 0.170 e. The third kappa shape index (κ3) is 5.89. The van der Waals surface area contributed by atoms with E-state index in [4.69, 9.17) is 28.6 Å². The van der Waals surface area contributed by atoms with E-state index in [1.165, 1.54) is 31.2 Å². The van der Waals surface area contributed by atoms with Crippen LogP contribution in [0.1, 0.15) is 37.7 Å². The normalized spacial score (nSPS) is 14.2. The van der Waals surface area contributed by atoms with Crippen LogP contribution < -0.4 is 15.4 Å². The largest absolute Gasteiger partial charge is 0.490 e. The van der Waals surface area contributed by atoms with Gasteiger partial charge >= 0.3 is 0 Å². The number of nitrogens with one attached hydrogen (secondary N) is 2. The van der Waals surface area contributed by atoms with Crippen LogP contribution in [0.25, 0.3) is 0 Å². The summed E-state index contributed by atoms with van der Waals surface area (Å²) in [6.07, 6.45) is 7.18. The molecule has 0 saturated heterocycles. The Balaban J connectivity index is 1.37. The van der Waals surface area contributed by atoms with Gasteiger partial charge < -0.3 is 15.4 Å². The van der Waals surface area contributed by atoms with Crippen molar-refractivity contribution in [2.24, 2.45) is 0 Å². The van der Waals surface area contributed by atoms with Crippen molar-refractivity contribution in [3.8, 4) is 5.75 Å². The molecule has 3 rings (SSSR count). The topological polar surface area (TPSA) is 33.3 Å². The third-order valence-electron chi connectivity index (χ3n) is 4.58. The highest BCUT2D eigenvalue weighted by Gasteiger charge is 2.16. The van der Waals surface area contributed by atoms with Crippen LogP contribution in [-0.4, -0.2) is 17.8 Å². The number of benzene rings is 2. The highest BCUT2D eigenvalue weighted by atomic mass is 35.5. The van der Waals surface area contributed by atoms with Crippen molar-refractivity contribution in [1.82, 2.24) is 5.32 Å². The number of anilines is 1. The third-order valence-corrected chi connectivity index (χ3v) is 5.20. The molecule has 2 N–H and O–H groups in total. The Morgan fingerprint density at radius 3 is 2.54 bits per heavy atom. The highest BCUT2D eigenvalue weighted by Crippen LogP contribution is 2.25. The van der Waals surface area contributed by atoms with Gasteiger partial charge in [0.15, 0.2) is 5.11 Å². The monoisotopic (exact) mass is 388 g/mol. The van der Waals surface area contributed by atoms with Gasteiger partial charge in [-0.1, -0.05) is 29.8 Å². The van der Waals surface area contributed by atoms with Gasteiger partial charge in [-0.25, -0.2) is 0 Å². The molecule has 2 aromatic rings. The van der Waals surface area contributed by atoms with E-state index in [0.717, 1.165) is 35.8 Å². The fraction of sp³-hybridized carbons (Fsp3) is 0.381.